The van der Waals surface area contributed by atoms with Crippen LogP contribution in [0.4, 0.5) is 5.69 Å². The van der Waals surface area contributed by atoms with Gasteiger partial charge in [-0.3, -0.25) is 0 Å². The van der Waals surface area contributed by atoms with Gasteiger partial charge in [0.2, 0.25) is 0 Å². The van der Waals surface area contributed by atoms with Crippen LogP contribution in [0.2, 0.25) is 0 Å². The molecule has 0 spiro atoms. The second-order valence-corrected chi connectivity index (χ2v) is 7.90. The van der Waals surface area contributed by atoms with Crippen molar-refractivity contribution >= 4 is 42.8 Å². The van der Waals surface area contributed by atoms with Crippen LogP contribution in [-0.4, -0.2) is 15.0 Å². The molecule has 0 radical (unpaired) electrons. The van der Waals surface area contributed by atoms with Crippen molar-refractivity contribution in [3.8, 4) is 5.75 Å². The van der Waals surface area contributed by atoms with Gasteiger partial charge in [0.15, 0.2) is 9.84 Å². The van der Waals surface area contributed by atoms with E-state index in [2.05, 4.69) is 15.9 Å². The van der Waals surface area contributed by atoms with Gasteiger partial charge in [-0.25, -0.2) is 8.42 Å². The van der Waals surface area contributed by atoms with Crippen LogP contribution in [0.1, 0.15) is 11.8 Å². The number of rotatable bonds is 5. The Morgan fingerprint density at radius 2 is 2.10 bits per heavy atom. The van der Waals surface area contributed by atoms with Crippen LogP contribution in [0.15, 0.2) is 39.0 Å². The molecule has 2 aromatic rings. The van der Waals surface area contributed by atoms with Crippen molar-refractivity contribution in [1.29, 1.82) is 0 Å². The first-order chi connectivity index (χ1) is 9.44. The summed E-state index contributed by atoms with van der Waals surface area (Å²) in [5.41, 5.74) is 6.03. The van der Waals surface area contributed by atoms with Crippen molar-refractivity contribution in [2.45, 2.75) is 17.6 Å². The molecule has 108 valence electrons. The van der Waals surface area contributed by atoms with Crippen molar-refractivity contribution < 1.29 is 13.2 Å². The molecule has 20 heavy (non-hydrogen) atoms. The molecule has 0 aliphatic carbocycles. The van der Waals surface area contributed by atoms with Gasteiger partial charge in [0.1, 0.15) is 5.75 Å². The van der Waals surface area contributed by atoms with Gasteiger partial charge in [-0.05, 0) is 46.4 Å². The lowest BCUT2D eigenvalue weighted by molar-refractivity contribution is 0.339. The third-order valence-electron chi connectivity index (χ3n) is 2.64. The number of halogens is 1. The highest BCUT2D eigenvalue weighted by Gasteiger charge is 2.21. The van der Waals surface area contributed by atoms with E-state index in [1.54, 1.807) is 12.1 Å². The summed E-state index contributed by atoms with van der Waals surface area (Å²) >= 11 is 4.73. The largest absolute Gasteiger partial charge is 0.494 e. The second kappa shape index (κ2) is 6.15. The highest BCUT2D eigenvalue weighted by atomic mass is 79.9. The van der Waals surface area contributed by atoms with Gasteiger partial charge in [-0.15, -0.1) is 11.3 Å². The van der Waals surface area contributed by atoms with E-state index in [1.165, 1.54) is 17.4 Å². The number of benzene rings is 1. The fourth-order valence-electron chi connectivity index (χ4n) is 1.72. The van der Waals surface area contributed by atoms with Gasteiger partial charge >= 0.3 is 0 Å². The third kappa shape index (κ3) is 3.34. The zero-order valence-electron chi connectivity index (χ0n) is 10.8. The molecule has 0 fully saturated rings. The van der Waals surface area contributed by atoms with Crippen LogP contribution in [0, 0.1) is 0 Å². The molecule has 7 heteroatoms. The van der Waals surface area contributed by atoms with E-state index < -0.39 is 9.84 Å². The van der Waals surface area contributed by atoms with Crippen molar-refractivity contribution in [2.75, 3.05) is 12.3 Å². The molecule has 1 aromatic heterocycles. The molecule has 0 saturated heterocycles. The Bertz CT molecular complexity index is 710. The first kappa shape index (κ1) is 15.3. The zero-order valence-corrected chi connectivity index (χ0v) is 14.0. The number of nitrogen functional groups attached to an aromatic ring is 1. The maximum absolute atomic E-state index is 12.5. The first-order valence-electron chi connectivity index (χ1n) is 5.91. The van der Waals surface area contributed by atoms with Crippen LogP contribution in [-0.2, 0) is 15.6 Å². The maximum atomic E-state index is 12.5. The lowest BCUT2D eigenvalue weighted by atomic mass is 10.3. The molecule has 0 amide bonds. The molecule has 2 N–H and O–H groups in total. The van der Waals surface area contributed by atoms with Crippen LogP contribution in [0.3, 0.4) is 0 Å². The van der Waals surface area contributed by atoms with Crippen LogP contribution >= 0.6 is 27.3 Å². The summed E-state index contributed by atoms with van der Waals surface area (Å²) in [4.78, 5) is 0.870. The van der Waals surface area contributed by atoms with Crippen molar-refractivity contribution in [3.05, 3.63) is 39.0 Å². The number of nitrogens with two attached hydrogens (primary N) is 1. The Kier molecular flexibility index (Phi) is 4.72. The topological polar surface area (TPSA) is 69.4 Å². The van der Waals surface area contributed by atoms with Crippen LogP contribution in [0.5, 0.6) is 5.75 Å². The molecule has 0 unspecified atom stereocenters. The van der Waals surface area contributed by atoms with E-state index in [0.717, 1.165) is 9.35 Å². The smallest absolute Gasteiger partial charge is 0.185 e. The van der Waals surface area contributed by atoms with E-state index in [-0.39, 0.29) is 16.3 Å². The predicted octanol–water partition coefficient (Wildman–Crippen LogP) is 3.47. The van der Waals surface area contributed by atoms with E-state index in [4.69, 9.17) is 10.5 Å². The molecule has 2 rings (SSSR count). The third-order valence-corrected chi connectivity index (χ3v) is 6.44. The summed E-state index contributed by atoms with van der Waals surface area (Å²) in [7, 11) is -3.50. The molecule has 1 heterocycles. The molecule has 0 saturated carbocycles. The summed E-state index contributed by atoms with van der Waals surface area (Å²) < 4.78 is 31.1. The molecule has 0 bridgehead atoms. The number of hydrogen-bond acceptors (Lipinski definition) is 5. The average Bonchev–Trinajstić information content (AvgIpc) is 2.77. The molecule has 1 aromatic carbocycles. The maximum Gasteiger partial charge on any atom is 0.185 e. The molecule has 4 nitrogen and oxygen atoms in total. The molecule has 0 atom stereocenters. The summed E-state index contributed by atoms with van der Waals surface area (Å²) in [6, 6.07) is 6.53. The quantitative estimate of drug-likeness (QED) is 0.812. The highest BCUT2D eigenvalue weighted by molar-refractivity contribution is 9.10. The first-order valence-corrected chi connectivity index (χ1v) is 9.23. The Hall–Kier alpha value is -1.05. The van der Waals surface area contributed by atoms with Gasteiger partial charge in [-0.1, -0.05) is 0 Å². The van der Waals surface area contributed by atoms with Gasteiger partial charge in [0.05, 0.1) is 22.9 Å². The highest BCUT2D eigenvalue weighted by Crippen LogP contribution is 2.31. The van der Waals surface area contributed by atoms with Gasteiger partial charge < -0.3 is 10.5 Å². The predicted molar refractivity (Wildman–Crippen MR) is 84.9 cm³/mol. The number of sulfone groups is 1. The van der Waals surface area contributed by atoms with Crippen molar-refractivity contribution in [3.63, 3.8) is 0 Å². The van der Waals surface area contributed by atoms with Crippen LogP contribution < -0.4 is 10.5 Å². The van der Waals surface area contributed by atoms with E-state index in [1.807, 2.05) is 18.4 Å². The minimum absolute atomic E-state index is 0.0783. The standard InChI is InChI=1S/C13H14BrNO3S2/c1-2-18-9-3-4-11(15)13(7-9)20(16,17)8-12-10(14)5-6-19-12/h3-7H,2,8,15H2,1H3. The molecular formula is C13H14BrNO3S2. The second-order valence-electron chi connectivity index (χ2n) is 4.08. The Balaban J connectivity index is 2.38. The Labute approximate surface area is 130 Å². The molecule has 0 aliphatic rings. The van der Waals surface area contributed by atoms with E-state index in [0.29, 0.717) is 12.4 Å². The van der Waals surface area contributed by atoms with Gasteiger partial charge in [0, 0.05) is 15.4 Å². The summed E-state index contributed by atoms with van der Waals surface area (Å²) in [5, 5.41) is 1.84. The van der Waals surface area contributed by atoms with Crippen LogP contribution in [0.25, 0.3) is 0 Å². The van der Waals surface area contributed by atoms with Gasteiger partial charge in [0.25, 0.3) is 0 Å². The normalized spacial score (nSPS) is 11.5. The van der Waals surface area contributed by atoms with Gasteiger partial charge in [-0.2, -0.15) is 0 Å². The number of hydrogen-bond donors (Lipinski definition) is 1. The van der Waals surface area contributed by atoms with Crippen molar-refractivity contribution in [2.24, 2.45) is 0 Å². The summed E-state index contributed by atoms with van der Waals surface area (Å²) in [6.07, 6.45) is 0. The lowest BCUT2D eigenvalue weighted by Gasteiger charge is -2.10. The molecule has 0 aliphatic heterocycles. The Morgan fingerprint density at radius 3 is 2.70 bits per heavy atom. The number of ether oxygens (including phenoxy) is 1. The summed E-state index contributed by atoms with van der Waals surface area (Å²) in [5.74, 6) is 0.427. The number of thiophene rings is 1. The Morgan fingerprint density at radius 1 is 1.35 bits per heavy atom. The molecular weight excluding hydrogens is 362 g/mol. The minimum atomic E-state index is -3.50. The SMILES string of the molecule is CCOc1ccc(N)c(S(=O)(=O)Cc2sccc2Br)c1. The van der Waals surface area contributed by atoms with E-state index in [9.17, 15) is 8.42 Å². The number of anilines is 1. The van der Waals surface area contributed by atoms with Crippen molar-refractivity contribution in [1.82, 2.24) is 0 Å². The lowest BCUT2D eigenvalue weighted by Crippen LogP contribution is -2.08. The minimum Gasteiger partial charge on any atom is -0.494 e. The fraction of sp³-hybridized carbons (Fsp3) is 0.231. The van der Waals surface area contributed by atoms with E-state index >= 15 is 0 Å². The average molecular weight is 376 g/mol. The fourth-order valence-corrected chi connectivity index (χ4v) is 5.30. The summed E-state index contributed by atoms with van der Waals surface area (Å²) in [6.45, 7) is 2.31. The zero-order chi connectivity index (χ0) is 14.8. The monoisotopic (exact) mass is 375 g/mol.